The van der Waals surface area contributed by atoms with Crippen LogP contribution in [0.4, 0.5) is 4.39 Å². The van der Waals surface area contributed by atoms with Crippen molar-refractivity contribution in [2.75, 3.05) is 13.1 Å². The molecule has 2 N–H and O–H groups in total. The summed E-state index contributed by atoms with van der Waals surface area (Å²) in [6, 6.07) is -0.391. The van der Waals surface area contributed by atoms with E-state index in [1.807, 2.05) is 0 Å². The van der Waals surface area contributed by atoms with Crippen LogP contribution in [-0.2, 0) is 4.79 Å². The lowest BCUT2D eigenvalue weighted by molar-refractivity contribution is -0.141. The van der Waals surface area contributed by atoms with E-state index in [2.05, 4.69) is 0 Å². The van der Waals surface area contributed by atoms with Crippen LogP contribution in [0.1, 0.15) is 32.1 Å². The molecule has 1 saturated carbocycles. The van der Waals surface area contributed by atoms with Gasteiger partial charge in [0.25, 0.3) is 0 Å². The largest absolute Gasteiger partial charge is 0.335 e. The van der Waals surface area contributed by atoms with Crippen molar-refractivity contribution in [1.29, 1.82) is 0 Å². The van der Waals surface area contributed by atoms with Gasteiger partial charge in [-0.3, -0.25) is 4.79 Å². The van der Waals surface area contributed by atoms with Gasteiger partial charge in [-0.15, -0.1) is 0 Å². The number of rotatable bonds is 2. The molecule has 86 valence electrons. The number of nitrogens with zero attached hydrogens (tertiary/aromatic N) is 1. The van der Waals surface area contributed by atoms with Crippen molar-refractivity contribution in [3.05, 3.63) is 0 Å². The first-order valence-corrected chi connectivity index (χ1v) is 5.87. The van der Waals surface area contributed by atoms with Crippen LogP contribution >= 0.6 is 0 Å². The van der Waals surface area contributed by atoms with Gasteiger partial charge in [0.1, 0.15) is 6.17 Å². The van der Waals surface area contributed by atoms with Crippen molar-refractivity contribution >= 4 is 5.91 Å². The quantitative estimate of drug-likeness (QED) is 0.747. The zero-order chi connectivity index (χ0) is 10.8. The predicted molar refractivity (Wildman–Crippen MR) is 56.0 cm³/mol. The van der Waals surface area contributed by atoms with Gasteiger partial charge in [-0.05, 0) is 18.8 Å². The summed E-state index contributed by atoms with van der Waals surface area (Å²) in [6.07, 6.45) is 4.90. The molecule has 1 amide bonds. The molecule has 1 aliphatic heterocycles. The molecule has 0 radical (unpaired) electrons. The Labute approximate surface area is 89.8 Å². The zero-order valence-corrected chi connectivity index (χ0v) is 8.99. The summed E-state index contributed by atoms with van der Waals surface area (Å²) < 4.78 is 12.6. The summed E-state index contributed by atoms with van der Waals surface area (Å²) in [5, 5.41) is 0. The van der Waals surface area contributed by atoms with Gasteiger partial charge >= 0.3 is 0 Å². The second-order valence-electron chi connectivity index (χ2n) is 4.76. The highest BCUT2D eigenvalue weighted by atomic mass is 19.1. The first-order valence-electron chi connectivity index (χ1n) is 5.87. The molecular weight excluding hydrogens is 195 g/mol. The van der Waals surface area contributed by atoms with E-state index in [9.17, 15) is 9.18 Å². The second-order valence-corrected chi connectivity index (χ2v) is 4.76. The standard InChI is InChI=1S/C11H19FN2O/c12-9-6-14(7-9)11(15)10(13)8-4-2-1-3-5-8/h8-10H,1-7,13H2/t10-/m0/s1. The van der Waals surface area contributed by atoms with Crippen LogP contribution in [0.15, 0.2) is 0 Å². The molecule has 2 fully saturated rings. The molecular formula is C11H19FN2O. The Morgan fingerprint density at radius 3 is 2.40 bits per heavy atom. The van der Waals surface area contributed by atoms with E-state index < -0.39 is 12.2 Å². The number of likely N-dealkylation sites (tertiary alicyclic amines) is 1. The normalized spacial score (nSPS) is 26.1. The maximum Gasteiger partial charge on any atom is 0.239 e. The molecule has 0 aromatic carbocycles. The smallest absolute Gasteiger partial charge is 0.239 e. The van der Waals surface area contributed by atoms with Crippen LogP contribution in [0.5, 0.6) is 0 Å². The van der Waals surface area contributed by atoms with Gasteiger partial charge in [0, 0.05) is 0 Å². The van der Waals surface area contributed by atoms with E-state index in [4.69, 9.17) is 5.73 Å². The molecule has 1 aliphatic carbocycles. The highest BCUT2D eigenvalue weighted by Gasteiger charge is 2.36. The minimum absolute atomic E-state index is 0.0456. The third-order valence-corrected chi connectivity index (χ3v) is 3.59. The first kappa shape index (κ1) is 10.9. The minimum Gasteiger partial charge on any atom is -0.335 e. The fraction of sp³-hybridized carbons (Fsp3) is 0.909. The number of carbonyl (C=O) groups is 1. The second kappa shape index (κ2) is 4.47. The van der Waals surface area contributed by atoms with E-state index in [-0.39, 0.29) is 19.0 Å². The molecule has 1 heterocycles. The van der Waals surface area contributed by atoms with Crippen molar-refractivity contribution in [2.24, 2.45) is 11.7 Å². The molecule has 2 rings (SSSR count). The summed E-state index contributed by atoms with van der Waals surface area (Å²) in [7, 11) is 0. The molecule has 0 unspecified atom stereocenters. The van der Waals surface area contributed by atoms with Crippen LogP contribution in [0.25, 0.3) is 0 Å². The Morgan fingerprint density at radius 2 is 1.87 bits per heavy atom. The number of nitrogens with two attached hydrogens (primary N) is 1. The molecule has 15 heavy (non-hydrogen) atoms. The van der Waals surface area contributed by atoms with Gasteiger partial charge in [0.2, 0.25) is 5.91 Å². The van der Waals surface area contributed by atoms with Crippen LogP contribution in [-0.4, -0.2) is 36.1 Å². The van der Waals surface area contributed by atoms with E-state index in [1.54, 1.807) is 4.90 Å². The average Bonchev–Trinajstić information content (AvgIpc) is 2.24. The van der Waals surface area contributed by atoms with E-state index in [1.165, 1.54) is 19.3 Å². The van der Waals surface area contributed by atoms with Gasteiger partial charge in [-0.1, -0.05) is 19.3 Å². The van der Waals surface area contributed by atoms with Crippen LogP contribution in [0, 0.1) is 5.92 Å². The van der Waals surface area contributed by atoms with Crippen LogP contribution in [0.2, 0.25) is 0 Å². The summed E-state index contributed by atoms with van der Waals surface area (Å²) in [5.74, 6) is 0.278. The highest BCUT2D eigenvalue weighted by Crippen LogP contribution is 2.27. The Morgan fingerprint density at radius 1 is 1.27 bits per heavy atom. The Bertz CT molecular complexity index is 235. The highest BCUT2D eigenvalue weighted by molar-refractivity contribution is 5.82. The molecule has 2 aliphatic rings. The van der Waals surface area contributed by atoms with Gasteiger partial charge in [-0.25, -0.2) is 4.39 Å². The number of hydrogen-bond acceptors (Lipinski definition) is 2. The Kier molecular flexibility index (Phi) is 3.24. The maximum atomic E-state index is 12.6. The number of carbonyl (C=O) groups excluding carboxylic acids is 1. The lowest BCUT2D eigenvalue weighted by Crippen LogP contribution is -2.58. The first-order chi connectivity index (χ1) is 7.18. The number of hydrogen-bond donors (Lipinski definition) is 1. The Hall–Kier alpha value is -0.640. The van der Waals surface area contributed by atoms with Crippen molar-refractivity contribution in [2.45, 2.75) is 44.3 Å². The van der Waals surface area contributed by atoms with Crippen LogP contribution in [0.3, 0.4) is 0 Å². The fourth-order valence-electron chi connectivity index (χ4n) is 2.51. The molecule has 0 aromatic heterocycles. The SMILES string of the molecule is N[C@H](C(=O)N1CC(F)C1)C1CCCCC1. The summed E-state index contributed by atoms with van der Waals surface area (Å²) in [4.78, 5) is 13.3. The molecule has 0 aromatic rings. The van der Waals surface area contributed by atoms with Gasteiger partial charge in [0.05, 0.1) is 19.1 Å². The van der Waals surface area contributed by atoms with E-state index >= 15 is 0 Å². The lowest BCUT2D eigenvalue weighted by atomic mass is 9.83. The van der Waals surface area contributed by atoms with E-state index in [0.29, 0.717) is 5.92 Å². The molecule has 0 bridgehead atoms. The van der Waals surface area contributed by atoms with Gasteiger partial charge in [0.15, 0.2) is 0 Å². The molecule has 0 spiro atoms. The average molecular weight is 214 g/mol. The third kappa shape index (κ3) is 2.30. The van der Waals surface area contributed by atoms with Crippen LogP contribution < -0.4 is 5.73 Å². The summed E-state index contributed by atoms with van der Waals surface area (Å²) in [5.41, 5.74) is 5.93. The van der Waals surface area contributed by atoms with Gasteiger partial charge in [-0.2, -0.15) is 0 Å². The van der Waals surface area contributed by atoms with Crippen molar-refractivity contribution in [1.82, 2.24) is 4.90 Å². The molecule has 1 atom stereocenters. The summed E-state index contributed by atoms with van der Waals surface area (Å²) in [6.45, 7) is 0.499. The van der Waals surface area contributed by atoms with Crippen molar-refractivity contribution in [3.63, 3.8) is 0 Å². The monoisotopic (exact) mass is 214 g/mol. The maximum absolute atomic E-state index is 12.6. The van der Waals surface area contributed by atoms with E-state index in [0.717, 1.165) is 12.8 Å². The molecule has 3 nitrogen and oxygen atoms in total. The van der Waals surface area contributed by atoms with Gasteiger partial charge < -0.3 is 10.6 Å². The number of amides is 1. The lowest BCUT2D eigenvalue weighted by Gasteiger charge is -2.38. The predicted octanol–water partition coefficient (Wildman–Crippen LogP) is 1.07. The van der Waals surface area contributed by atoms with Crippen molar-refractivity contribution in [3.8, 4) is 0 Å². The zero-order valence-electron chi connectivity index (χ0n) is 8.99. The molecule has 4 heteroatoms. The number of halogens is 1. The Balaban J connectivity index is 1.83. The topological polar surface area (TPSA) is 46.3 Å². The summed E-state index contributed by atoms with van der Waals surface area (Å²) >= 11 is 0. The van der Waals surface area contributed by atoms with Crippen molar-refractivity contribution < 1.29 is 9.18 Å². The number of alkyl halides is 1. The minimum atomic E-state index is -0.826. The third-order valence-electron chi connectivity index (χ3n) is 3.59. The fourth-order valence-corrected chi connectivity index (χ4v) is 2.51. The molecule has 1 saturated heterocycles.